The first-order valence-electron chi connectivity index (χ1n) is 8.58. The molecule has 0 saturated heterocycles. The third-order valence-corrected chi connectivity index (χ3v) is 5.62. The smallest absolute Gasteiger partial charge is 0.252 e. The number of hydrogen-bond donors (Lipinski definition) is 1. The number of carbonyl (C=O) groups excluding carboxylic acids is 1. The highest BCUT2D eigenvalue weighted by atomic mass is 35.5. The zero-order valence-electron chi connectivity index (χ0n) is 15.4. The molecule has 7 heteroatoms. The number of halogens is 1. The number of amides is 1. The first kappa shape index (κ1) is 19.5. The van der Waals surface area contributed by atoms with Gasteiger partial charge in [0.1, 0.15) is 0 Å². The summed E-state index contributed by atoms with van der Waals surface area (Å²) in [6, 6.07) is 15.0. The summed E-state index contributed by atoms with van der Waals surface area (Å²) in [7, 11) is 1.91. The molecule has 1 aromatic heterocycles. The number of benzene rings is 2. The van der Waals surface area contributed by atoms with Crippen LogP contribution in [0.15, 0.2) is 53.7 Å². The van der Waals surface area contributed by atoms with Gasteiger partial charge in [-0.3, -0.25) is 4.79 Å². The van der Waals surface area contributed by atoms with Crippen molar-refractivity contribution in [1.82, 2.24) is 20.1 Å². The van der Waals surface area contributed by atoms with Gasteiger partial charge in [-0.1, -0.05) is 53.7 Å². The van der Waals surface area contributed by atoms with Gasteiger partial charge in [-0.25, -0.2) is 0 Å². The molecule has 1 unspecified atom stereocenters. The molecule has 0 saturated carbocycles. The van der Waals surface area contributed by atoms with Gasteiger partial charge in [-0.15, -0.1) is 10.2 Å². The van der Waals surface area contributed by atoms with E-state index in [1.807, 2.05) is 74.0 Å². The lowest BCUT2D eigenvalue weighted by atomic mass is 10.1. The molecule has 0 fully saturated rings. The highest BCUT2D eigenvalue weighted by Gasteiger charge is 2.19. The molecule has 5 nitrogen and oxygen atoms in total. The Morgan fingerprint density at radius 2 is 1.89 bits per heavy atom. The van der Waals surface area contributed by atoms with Crippen LogP contribution in [-0.4, -0.2) is 20.7 Å². The third-order valence-electron chi connectivity index (χ3n) is 4.27. The lowest BCUT2D eigenvalue weighted by molar-refractivity contribution is 0.0937. The number of nitrogens with zero attached hydrogens (tertiary/aromatic N) is 3. The van der Waals surface area contributed by atoms with E-state index in [1.165, 1.54) is 0 Å². The number of carbonyl (C=O) groups is 1. The number of hydrogen-bond acceptors (Lipinski definition) is 4. The molecule has 0 spiro atoms. The molecular formula is C20H21ClN4OS. The zero-order valence-corrected chi connectivity index (χ0v) is 17.0. The van der Waals surface area contributed by atoms with E-state index >= 15 is 0 Å². The van der Waals surface area contributed by atoms with Crippen LogP contribution in [0.4, 0.5) is 0 Å². The fourth-order valence-corrected chi connectivity index (χ4v) is 3.72. The van der Waals surface area contributed by atoms with E-state index in [9.17, 15) is 4.79 Å². The van der Waals surface area contributed by atoms with Gasteiger partial charge in [0, 0.05) is 23.4 Å². The molecule has 2 aromatic carbocycles. The molecule has 3 rings (SSSR count). The molecule has 0 aliphatic rings. The number of aryl methyl sites for hydroxylation is 1. The molecule has 1 N–H and O–H groups in total. The van der Waals surface area contributed by atoms with Crippen LogP contribution in [0.3, 0.4) is 0 Å². The molecular weight excluding hydrogens is 380 g/mol. The van der Waals surface area contributed by atoms with Crippen molar-refractivity contribution in [2.24, 2.45) is 7.05 Å². The topological polar surface area (TPSA) is 59.8 Å². The first-order chi connectivity index (χ1) is 13.0. The Kier molecular flexibility index (Phi) is 6.19. The summed E-state index contributed by atoms with van der Waals surface area (Å²) < 4.78 is 1.92. The van der Waals surface area contributed by atoms with Crippen LogP contribution in [0.1, 0.15) is 40.3 Å². The SMILES string of the molecule is Cc1ccccc1C(=O)NC(C)c1nnc(SCc2ccc(Cl)cc2)n1C. The van der Waals surface area contributed by atoms with Crippen molar-refractivity contribution < 1.29 is 4.79 Å². The van der Waals surface area contributed by atoms with E-state index in [-0.39, 0.29) is 11.9 Å². The van der Waals surface area contributed by atoms with E-state index in [2.05, 4.69) is 15.5 Å². The molecule has 0 bridgehead atoms. The van der Waals surface area contributed by atoms with Crippen LogP contribution >= 0.6 is 23.4 Å². The average molecular weight is 401 g/mol. The largest absolute Gasteiger partial charge is 0.342 e. The maximum absolute atomic E-state index is 12.5. The number of thioether (sulfide) groups is 1. The van der Waals surface area contributed by atoms with E-state index < -0.39 is 0 Å². The van der Waals surface area contributed by atoms with E-state index in [1.54, 1.807) is 11.8 Å². The molecule has 0 radical (unpaired) electrons. The molecule has 3 aromatic rings. The van der Waals surface area contributed by atoms with Crippen LogP contribution in [0.2, 0.25) is 5.02 Å². The van der Waals surface area contributed by atoms with Gasteiger partial charge in [0.05, 0.1) is 6.04 Å². The molecule has 140 valence electrons. The zero-order chi connectivity index (χ0) is 19.4. The van der Waals surface area contributed by atoms with E-state index in [4.69, 9.17) is 11.6 Å². The second kappa shape index (κ2) is 8.59. The fourth-order valence-electron chi connectivity index (χ4n) is 2.72. The summed E-state index contributed by atoms with van der Waals surface area (Å²) in [5.74, 6) is 1.38. The minimum absolute atomic E-state index is 0.112. The maximum atomic E-state index is 12.5. The number of aromatic nitrogens is 3. The summed E-state index contributed by atoms with van der Waals surface area (Å²) in [5.41, 5.74) is 2.78. The first-order valence-corrected chi connectivity index (χ1v) is 9.95. The lowest BCUT2D eigenvalue weighted by Gasteiger charge is -2.14. The van der Waals surface area contributed by atoms with Gasteiger partial charge < -0.3 is 9.88 Å². The summed E-state index contributed by atoms with van der Waals surface area (Å²) in [6.45, 7) is 3.83. The van der Waals surface area contributed by atoms with Crippen molar-refractivity contribution in [2.45, 2.75) is 30.8 Å². The van der Waals surface area contributed by atoms with Gasteiger partial charge in [0.25, 0.3) is 5.91 Å². The van der Waals surface area contributed by atoms with Crippen molar-refractivity contribution in [3.63, 3.8) is 0 Å². The average Bonchev–Trinajstić information content (AvgIpc) is 3.02. The van der Waals surface area contributed by atoms with Gasteiger partial charge in [0.15, 0.2) is 11.0 Å². The highest BCUT2D eigenvalue weighted by molar-refractivity contribution is 7.98. The van der Waals surface area contributed by atoms with Gasteiger partial charge in [0.2, 0.25) is 0 Å². The maximum Gasteiger partial charge on any atom is 0.252 e. The normalized spacial score (nSPS) is 12.0. The molecule has 27 heavy (non-hydrogen) atoms. The van der Waals surface area contributed by atoms with Crippen LogP contribution in [-0.2, 0) is 12.8 Å². The van der Waals surface area contributed by atoms with Crippen LogP contribution in [0.5, 0.6) is 0 Å². The predicted octanol–water partition coefficient (Wildman–Crippen LogP) is 4.56. The monoisotopic (exact) mass is 400 g/mol. The van der Waals surface area contributed by atoms with Crippen molar-refractivity contribution in [2.75, 3.05) is 0 Å². The fraction of sp³-hybridized carbons (Fsp3) is 0.250. The minimum atomic E-state index is -0.250. The Bertz CT molecular complexity index is 939. The predicted molar refractivity (Wildman–Crippen MR) is 109 cm³/mol. The Morgan fingerprint density at radius 3 is 2.59 bits per heavy atom. The minimum Gasteiger partial charge on any atom is -0.342 e. The lowest BCUT2D eigenvalue weighted by Crippen LogP contribution is -2.29. The van der Waals surface area contributed by atoms with Crippen molar-refractivity contribution in [3.8, 4) is 0 Å². The second-order valence-corrected chi connectivity index (χ2v) is 7.70. The Balaban J connectivity index is 1.66. The second-order valence-electron chi connectivity index (χ2n) is 6.33. The summed E-state index contributed by atoms with van der Waals surface area (Å²) in [6.07, 6.45) is 0. The van der Waals surface area contributed by atoms with Crippen molar-refractivity contribution in [3.05, 3.63) is 76.1 Å². The van der Waals surface area contributed by atoms with E-state index in [0.717, 1.165) is 32.9 Å². The van der Waals surface area contributed by atoms with Gasteiger partial charge in [-0.2, -0.15) is 0 Å². The number of nitrogens with one attached hydrogen (secondary N) is 1. The van der Waals surface area contributed by atoms with Crippen LogP contribution in [0, 0.1) is 6.92 Å². The number of rotatable bonds is 6. The van der Waals surface area contributed by atoms with Gasteiger partial charge >= 0.3 is 0 Å². The van der Waals surface area contributed by atoms with Crippen molar-refractivity contribution >= 4 is 29.3 Å². The van der Waals surface area contributed by atoms with Crippen LogP contribution in [0.25, 0.3) is 0 Å². The molecule has 1 atom stereocenters. The highest BCUT2D eigenvalue weighted by Crippen LogP contribution is 2.24. The van der Waals surface area contributed by atoms with Crippen LogP contribution < -0.4 is 5.32 Å². The summed E-state index contributed by atoms with van der Waals surface area (Å²) >= 11 is 7.52. The molecule has 1 heterocycles. The van der Waals surface area contributed by atoms with Crippen molar-refractivity contribution in [1.29, 1.82) is 0 Å². The standard InChI is InChI=1S/C20H21ClN4OS/c1-13-6-4-5-7-17(13)19(26)22-14(2)18-23-24-20(25(18)3)27-12-15-8-10-16(21)11-9-15/h4-11,14H,12H2,1-3H3,(H,22,26). The Hall–Kier alpha value is -2.31. The summed E-state index contributed by atoms with van der Waals surface area (Å²) in [5, 5.41) is 13.1. The molecule has 0 aliphatic carbocycles. The van der Waals surface area contributed by atoms with Gasteiger partial charge in [-0.05, 0) is 43.2 Å². The van der Waals surface area contributed by atoms with E-state index in [0.29, 0.717) is 5.56 Å². The quantitative estimate of drug-likeness (QED) is 0.616. The Labute approximate surface area is 168 Å². The summed E-state index contributed by atoms with van der Waals surface area (Å²) in [4.78, 5) is 12.5. The molecule has 0 aliphatic heterocycles. The Morgan fingerprint density at radius 1 is 1.19 bits per heavy atom. The molecule has 1 amide bonds. The third kappa shape index (κ3) is 4.70.